The molecular weight excluding hydrogens is 448 g/mol. The number of likely N-dealkylation sites (N-methyl/N-ethyl adjacent to an activating group) is 1. The lowest BCUT2D eigenvalue weighted by Crippen LogP contribution is -2.44. The minimum atomic E-state index is -0.471. The first-order valence-electron chi connectivity index (χ1n) is 11.8. The quantitative estimate of drug-likeness (QED) is 0.599. The van der Waals surface area contributed by atoms with E-state index in [1.54, 1.807) is 13.2 Å². The molecule has 2 aromatic carbocycles. The van der Waals surface area contributed by atoms with Crippen molar-refractivity contribution in [3.05, 3.63) is 64.5 Å². The van der Waals surface area contributed by atoms with Crippen molar-refractivity contribution in [3.8, 4) is 0 Å². The van der Waals surface area contributed by atoms with E-state index >= 15 is 0 Å². The van der Waals surface area contributed by atoms with Gasteiger partial charge in [0.05, 0.1) is 35.6 Å². The Balaban J connectivity index is 1.44. The Hall–Kier alpha value is -3.40. The normalized spacial score (nSPS) is 19.2. The van der Waals surface area contributed by atoms with Gasteiger partial charge in [-0.1, -0.05) is 18.2 Å². The van der Waals surface area contributed by atoms with Gasteiger partial charge in [-0.2, -0.15) is 0 Å². The van der Waals surface area contributed by atoms with Crippen LogP contribution in [0.4, 0.5) is 17.1 Å². The third-order valence-electron chi connectivity index (χ3n) is 6.59. The molecule has 184 valence electrons. The Morgan fingerprint density at radius 3 is 2.57 bits per heavy atom. The molecule has 35 heavy (non-hydrogen) atoms. The first kappa shape index (κ1) is 23.3. The Morgan fingerprint density at radius 2 is 1.77 bits per heavy atom. The molecule has 2 fully saturated rings. The number of rotatable bonds is 5. The van der Waals surface area contributed by atoms with Gasteiger partial charge in [0.25, 0.3) is 5.91 Å². The van der Waals surface area contributed by atoms with Crippen LogP contribution in [-0.4, -0.2) is 77.1 Å². The van der Waals surface area contributed by atoms with E-state index in [4.69, 9.17) is 13.9 Å². The minimum absolute atomic E-state index is 0.0179. The second-order valence-corrected chi connectivity index (χ2v) is 8.87. The van der Waals surface area contributed by atoms with E-state index in [0.29, 0.717) is 36.4 Å². The number of carbonyl (C=O) groups is 1. The van der Waals surface area contributed by atoms with E-state index in [-0.39, 0.29) is 17.5 Å². The molecule has 1 amide bonds. The van der Waals surface area contributed by atoms with Crippen LogP contribution < -0.4 is 20.5 Å². The van der Waals surface area contributed by atoms with Crippen LogP contribution in [0.5, 0.6) is 0 Å². The first-order chi connectivity index (χ1) is 17.0. The van der Waals surface area contributed by atoms with E-state index in [2.05, 4.69) is 27.1 Å². The van der Waals surface area contributed by atoms with Crippen molar-refractivity contribution < 1.29 is 18.7 Å². The lowest BCUT2D eigenvalue weighted by Gasteiger charge is -2.34. The Kier molecular flexibility index (Phi) is 6.72. The molecule has 3 heterocycles. The third-order valence-corrected chi connectivity index (χ3v) is 6.59. The highest BCUT2D eigenvalue weighted by atomic mass is 16.7. The Morgan fingerprint density at radius 1 is 1.00 bits per heavy atom. The molecule has 5 rings (SSSR count). The summed E-state index contributed by atoms with van der Waals surface area (Å²) in [5.74, 6) is -0.489. The molecule has 9 nitrogen and oxygen atoms in total. The third kappa shape index (κ3) is 4.88. The highest BCUT2D eigenvalue weighted by Crippen LogP contribution is 2.30. The van der Waals surface area contributed by atoms with Gasteiger partial charge in [-0.3, -0.25) is 9.59 Å². The number of piperazine rings is 1. The zero-order chi connectivity index (χ0) is 24.4. The average Bonchev–Trinajstić information content (AvgIpc) is 2.89. The standard InChI is InChI=1S/C26H30N4O5/c1-28-10-12-29(13-11-28)21-9-5-6-18-22(31)16-23(35-25(18)21)26(32)27-19-7-3-4-8-20(19)30-14-15-34-24(17-30)33-2/h3-9,16,24H,10-15,17H2,1-2H3,(H,27,32). The Labute approximate surface area is 203 Å². The molecule has 0 aliphatic carbocycles. The number of anilines is 3. The van der Waals surface area contributed by atoms with E-state index in [9.17, 15) is 9.59 Å². The van der Waals surface area contributed by atoms with Crippen molar-refractivity contribution in [1.29, 1.82) is 0 Å². The lowest BCUT2D eigenvalue weighted by atomic mass is 10.1. The van der Waals surface area contributed by atoms with Crippen LogP contribution >= 0.6 is 0 Å². The summed E-state index contributed by atoms with van der Waals surface area (Å²) < 4.78 is 17.0. The number of ether oxygens (including phenoxy) is 2. The van der Waals surface area contributed by atoms with Crippen molar-refractivity contribution in [2.45, 2.75) is 6.29 Å². The fourth-order valence-electron chi connectivity index (χ4n) is 4.59. The van der Waals surface area contributed by atoms with Crippen LogP contribution in [0, 0.1) is 0 Å². The Bertz CT molecular complexity index is 1270. The second-order valence-electron chi connectivity index (χ2n) is 8.87. The molecule has 2 aliphatic heterocycles. The van der Waals surface area contributed by atoms with E-state index < -0.39 is 5.91 Å². The number of hydrogen-bond acceptors (Lipinski definition) is 8. The molecule has 1 aromatic heterocycles. The van der Waals surface area contributed by atoms with Crippen LogP contribution in [0.25, 0.3) is 11.0 Å². The molecule has 2 aliphatic rings. The van der Waals surface area contributed by atoms with Crippen LogP contribution in [0.2, 0.25) is 0 Å². The zero-order valence-electron chi connectivity index (χ0n) is 20.0. The average molecular weight is 479 g/mol. The highest BCUT2D eigenvalue weighted by molar-refractivity contribution is 6.05. The van der Waals surface area contributed by atoms with Crippen molar-refractivity contribution in [2.75, 3.05) is 75.1 Å². The molecule has 0 spiro atoms. The van der Waals surface area contributed by atoms with Crippen LogP contribution in [-0.2, 0) is 9.47 Å². The summed E-state index contributed by atoms with van der Waals surface area (Å²) in [4.78, 5) is 32.8. The van der Waals surface area contributed by atoms with Gasteiger partial charge in [0, 0.05) is 45.9 Å². The fraction of sp³-hybridized carbons (Fsp3) is 0.385. The summed E-state index contributed by atoms with van der Waals surface area (Å²) in [5.41, 5.74) is 2.52. The zero-order valence-corrected chi connectivity index (χ0v) is 20.0. The molecule has 9 heteroatoms. The van der Waals surface area contributed by atoms with Crippen LogP contribution in [0.1, 0.15) is 10.6 Å². The number of amides is 1. The van der Waals surface area contributed by atoms with Gasteiger partial charge < -0.3 is 33.9 Å². The van der Waals surface area contributed by atoms with Gasteiger partial charge in [-0.25, -0.2) is 0 Å². The molecule has 3 aromatic rings. The predicted octanol–water partition coefficient (Wildman–Crippen LogP) is 2.61. The van der Waals surface area contributed by atoms with E-state index in [1.807, 2.05) is 36.4 Å². The summed E-state index contributed by atoms with van der Waals surface area (Å²) in [5, 5.41) is 3.41. The number of morpholine rings is 1. The van der Waals surface area contributed by atoms with Crippen LogP contribution in [0.3, 0.4) is 0 Å². The summed E-state index contributed by atoms with van der Waals surface area (Å²) in [6, 6.07) is 14.4. The number of methoxy groups -OCH3 is 1. The van der Waals surface area contributed by atoms with Gasteiger partial charge in [0.1, 0.15) is 0 Å². The number of nitrogens with zero attached hydrogens (tertiary/aromatic N) is 3. The molecule has 0 radical (unpaired) electrons. The number of para-hydroxylation sites is 3. The second kappa shape index (κ2) is 10.1. The summed E-state index contributed by atoms with van der Waals surface area (Å²) in [6.45, 7) is 5.23. The molecule has 0 saturated carbocycles. The summed E-state index contributed by atoms with van der Waals surface area (Å²) >= 11 is 0. The summed E-state index contributed by atoms with van der Waals surface area (Å²) in [7, 11) is 3.70. The van der Waals surface area contributed by atoms with Gasteiger partial charge in [0.2, 0.25) is 0 Å². The largest absolute Gasteiger partial charge is 0.448 e. The number of hydrogen-bond donors (Lipinski definition) is 1. The maximum absolute atomic E-state index is 13.3. The smallest absolute Gasteiger partial charge is 0.291 e. The molecule has 1 atom stereocenters. The predicted molar refractivity (Wildman–Crippen MR) is 136 cm³/mol. The maximum atomic E-state index is 13.3. The number of benzene rings is 2. The molecule has 1 N–H and O–H groups in total. The van der Waals surface area contributed by atoms with E-state index in [0.717, 1.165) is 37.6 Å². The number of nitrogens with one attached hydrogen (secondary N) is 1. The van der Waals surface area contributed by atoms with Gasteiger partial charge >= 0.3 is 0 Å². The SMILES string of the molecule is COC1CN(c2ccccc2NC(=O)c2cc(=O)c3cccc(N4CCN(C)CC4)c3o2)CCO1. The van der Waals surface area contributed by atoms with Crippen molar-refractivity contribution >= 4 is 33.9 Å². The van der Waals surface area contributed by atoms with Gasteiger partial charge in [-0.15, -0.1) is 0 Å². The van der Waals surface area contributed by atoms with Crippen molar-refractivity contribution in [3.63, 3.8) is 0 Å². The van der Waals surface area contributed by atoms with Crippen molar-refractivity contribution in [2.24, 2.45) is 0 Å². The molecule has 0 bridgehead atoms. The number of carbonyl (C=O) groups excluding carboxylic acids is 1. The fourth-order valence-corrected chi connectivity index (χ4v) is 4.59. The molecular formula is C26H30N4O5. The first-order valence-corrected chi connectivity index (χ1v) is 11.8. The highest BCUT2D eigenvalue weighted by Gasteiger charge is 2.24. The van der Waals surface area contributed by atoms with Crippen molar-refractivity contribution in [1.82, 2.24) is 4.90 Å². The minimum Gasteiger partial charge on any atom is -0.448 e. The van der Waals surface area contributed by atoms with E-state index in [1.165, 1.54) is 6.07 Å². The maximum Gasteiger partial charge on any atom is 0.291 e. The van der Waals surface area contributed by atoms with Crippen LogP contribution in [0.15, 0.2) is 57.7 Å². The van der Waals surface area contributed by atoms with Gasteiger partial charge in [-0.05, 0) is 31.3 Å². The van der Waals surface area contributed by atoms with Gasteiger partial charge in [0.15, 0.2) is 23.1 Å². The summed E-state index contributed by atoms with van der Waals surface area (Å²) in [6.07, 6.45) is -0.334. The number of fused-ring (bicyclic) bond motifs is 1. The monoisotopic (exact) mass is 478 g/mol. The molecule has 1 unspecified atom stereocenters. The lowest BCUT2D eigenvalue weighted by molar-refractivity contribution is -0.128. The molecule has 2 saturated heterocycles. The topological polar surface area (TPSA) is 87.5 Å².